The first-order valence-electron chi connectivity index (χ1n) is 9.57. The second kappa shape index (κ2) is 10.1. The molecule has 2 rings (SSSR count). The molecule has 1 atom stereocenters. The van der Waals surface area contributed by atoms with Crippen LogP contribution in [0.3, 0.4) is 0 Å². The molecule has 0 saturated heterocycles. The first-order chi connectivity index (χ1) is 13.4. The zero-order valence-corrected chi connectivity index (χ0v) is 17.2. The molecule has 0 fully saturated rings. The molecule has 0 aliphatic rings. The third-order valence-corrected chi connectivity index (χ3v) is 4.26. The van der Waals surface area contributed by atoms with Gasteiger partial charge in [-0.25, -0.2) is 4.79 Å². The van der Waals surface area contributed by atoms with Crippen LogP contribution in [-0.4, -0.2) is 38.3 Å². The summed E-state index contributed by atoms with van der Waals surface area (Å²) in [7, 11) is 1.56. The monoisotopic (exact) mass is 391 g/mol. The van der Waals surface area contributed by atoms with E-state index in [0.717, 1.165) is 5.39 Å². The van der Waals surface area contributed by atoms with Gasteiger partial charge in [0.15, 0.2) is 0 Å². The van der Waals surface area contributed by atoms with Crippen LogP contribution in [0.25, 0.3) is 11.0 Å². The lowest BCUT2D eigenvalue weighted by molar-refractivity contribution is -0.146. The standard InChI is InChI=1S/C21H29NO6/c1-6-26-20(23)17(10-13(3)4)22-12-16-15-9-8-14(25-5)11-18(15)28-19(16)21(24)27-7-2/h8-9,11,13,17,22H,6-7,10,12H2,1-5H3/t17-/m0/s1. The molecule has 0 spiro atoms. The number of carbonyl (C=O) groups is 2. The second-order valence-electron chi connectivity index (χ2n) is 6.81. The summed E-state index contributed by atoms with van der Waals surface area (Å²) in [4.78, 5) is 24.7. The molecule has 0 radical (unpaired) electrons. The number of esters is 2. The predicted octanol–water partition coefficient (Wildman–Crippen LogP) is 3.69. The summed E-state index contributed by atoms with van der Waals surface area (Å²) >= 11 is 0. The predicted molar refractivity (Wildman–Crippen MR) is 105 cm³/mol. The van der Waals surface area contributed by atoms with Gasteiger partial charge in [-0.05, 0) is 38.3 Å². The van der Waals surface area contributed by atoms with Gasteiger partial charge in [0.25, 0.3) is 0 Å². The number of hydrogen-bond donors (Lipinski definition) is 1. The van der Waals surface area contributed by atoms with E-state index < -0.39 is 12.0 Å². The van der Waals surface area contributed by atoms with Gasteiger partial charge < -0.3 is 23.9 Å². The minimum absolute atomic E-state index is 0.129. The van der Waals surface area contributed by atoms with Crippen LogP contribution in [0, 0.1) is 5.92 Å². The number of carbonyl (C=O) groups excluding carboxylic acids is 2. The maximum atomic E-state index is 12.4. The second-order valence-corrected chi connectivity index (χ2v) is 6.81. The molecule has 1 N–H and O–H groups in total. The fourth-order valence-electron chi connectivity index (χ4n) is 3.00. The molecule has 0 amide bonds. The lowest BCUT2D eigenvalue weighted by atomic mass is 10.0. The van der Waals surface area contributed by atoms with Crippen molar-refractivity contribution in [3.05, 3.63) is 29.5 Å². The van der Waals surface area contributed by atoms with E-state index in [-0.39, 0.29) is 24.9 Å². The van der Waals surface area contributed by atoms with Gasteiger partial charge in [0, 0.05) is 23.6 Å². The van der Waals surface area contributed by atoms with Crippen LogP contribution in [0.2, 0.25) is 0 Å². The number of methoxy groups -OCH3 is 1. The number of nitrogens with one attached hydrogen (secondary N) is 1. The van der Waals surface area contributed by atoms with Crippen molar-refractivity contribution in [2.24, 2.45) is 5.92 Å². The molecule has 0 bridgehead atoms. The van der Waals surface area contributed by atoms with Gasteiger partial charge in [0.2, 0.25) is 5.76 Å². The quantitative estimate of drug-likeness (QED) is 0.618. The fraction of sp³-hybridized carbons (Fsp3) is 0.524. The number of ether oxygens (including phenoxy) is 3. The lowest BCUT2D eigenvalue weighted by Crippen LogP contribution is -2.39. The Morgan fingerprint density at radius 1 is 1.14 bits per heavy atom. The highest BCUT2D eigenvalue weighted by molar-refractivity contribution is 5.96. The Morgan fingerprint density at radius 2 is 1.86 bits per heavy atom. The molecule has 154 valence electrons. The molecule has 1 aromatic heterocycles. The smallest absolute Gasteiger partial charge is 0.374 e. The van der Waals surface area contributed by atoms with E-state index in [1.807, 2.05) is 19.9 Å². The van der Waals surface area contributed by atoms with Gasteiger partial charge in [-0.1, -0.05) is 13.8 Å². The van der Waals surface area contributed by atoms with E-state index in [2.05, 4.69) is 5.32 Å². The van der Waals surface area contributed by atoms with Crippen LogP contribution >= 0.6 is 0 Å². The van der Waals surface area contributed by atoms with Gasteiger partial charge in [-0.3, -0.25) is 4.79 Å². The Labute approximate surface area is 165 Å². The Balaban J connectivity index is 2.35. The van der Waals surface area contributed by atoms with E-state index in [1.54, 1.807) is 33.1 Å². The van der Waals surface area contributed by atoms with E-state index in [4.69, 9.17) is 18.6 Å². The fourth-order valence-corrected chi connectivity index (χ4v) is 3.00. The van der Waals surface area contributed by atoms with Gasteiger partial charge >= 0.3 is 11.9 Å². The Kier molecular flexibility index (Phi) is 7.87. The highest BCUT2D eigenvalue weighted by Crippen LogP contribution is 2.30. The summed E-state index contributed by atoms with van der Waals surface area (Å²) in [6, 6.07) is 4.88. The van der Waals surface area contributed by atoms with Crippen molar-refractivity contribution in [2.75, 3.05) is 20.3 Å². The first kappa shape index (κ1) is 21.8. The molecule has 7 nitrogen and oxygen atoms in total. The highest BCUT2D eigenvalue weighted by atomic mass is 16.5. The Hall–Kier alpha value is -2.54. The van der Waals surface area contributed by atoms with Crippen LogP contribution in [0.5, 0.6) is 5.75 Å². The molecular weight excluding hydrogens is 362 g/mol. The van der Waals surface area contributed by atoms with E-state index in [0.29, 0.717) is 35.8 Å². The summed E-state index contributed by atoms with van der Waals surface area (Å²) in [6.07, 6.45) is 0.622. The molecule has 1 heterocycles. The molecule has 0 unspecified atom stereocenters. The number of hydrogen-bond acceptors (Lipinski definition) is 7. The maximum absolute atomic E-state index is 12.4. The highest BCUT2D eigenvalue weighted by Gasteiger charge is 2.25. The van der Waals surface area contributed by atoms with Gasteiger partial charge in [0.1, 0.15) is 17.4 Å². The molecular formula is C21H29NO6. The molecule has 7 heteroatoms. The molecule has 1 aromatic carbocycles. The Bertz CT molecular complexity index is 811. The molecule has 28 heavy (non-hydrogen) atoms. The molecule has 0 aliphatic carbocycles. The van der Waals surface area contributed by atoms with Gasteiger partial charge in [-0.15, -0.1) is 0 Å². The molecule has 0 saturated carbocycles. The number of furan rings is 1. The first-order valence-corrected chi connectivity index (χ1v) is 9.57. The van der Waals surface area contributed by atoms with E-state index in [1.165, 1.54) is 0 Å². The van der Waals surface area contributed by atoms with Crippen molar-refractivity contribution in [3.63, 3.8) is 0 Å². The summed E-state index contributed by atoms with van der Waals surface area (Å²) in [5.74, 6) is 0.219. The minimum atomic E-state index is -0.536. The largest absolute Gasteiger partial charge is 0.497 e. The van der Waals surface area contributed by atoms with Crippen molar-refractivity contribution < 1.29 is 28.2 Å². The van der Waals surface area contributed by atoms with Crippen LogP contribution in [0.15, 0.2) is 22.6 Å². The molecule has 2 aromatic rings. The average Bonchev–Trinajstić information content (AvgIpc) is 3.02. The van der Waals surface area contributed by atoms with Gasteiger partial charge in [0.05, 0.1) is 20.3 Å². The third-order valence-electron chi connectivity index (χ3n) is 4.26. The van der Waals surface area contributed by atoms with Crippen molar-refractivity contribution >= 4 is 22.9 Å². The van der Waals surface area contributed by atoms with Crippen LogP contribution in [-0.2, 0) is 20.8 Å². The number of fused-ring (bicyclic) bond motifs is 1. The normalized spacial score (nSPS) is 12.2. The zero-order chi connectivity index (χ0) is 20.7. The summed E-state index contributed by atoms with van der Waals surface area (Å²) < 4.78 is 21.3. The van der Waals surface area contributed by atoms with Gasteiger partial charge in [-0.2, -0.15) is 0 Å². The van der Waals surface area contributed by atoms with Crippen molar-refractivity contribution in [1.29, 1.82) is 0 Å². The number of rotatable bonds is 10. The van der Waals surface area contributed by atoms with Crippen LogP contribution in [0.1, 0.15) is 50.2 Å². The van der Waals surface area contributed by atoms with Crippen molar-refractivity contribution in [1.82, 2.24) is 5.32 Å². The topological polar surface area (TPSA) is 87.0 Å². The Morgan fingerprint density at radius 3 is 2.46 bits per heavy atom. The summed E-state index contributed by atoms with van der Waals surface area (Å²) in [5, 5.41) is 3.99. The summed E-state index contributed by atoms with van der Waals surface area (Å²) in [5.41, 5.74) is 1.17. The summed E-state index contributed by atoms with van der Waals surface area (Å²) in [6.45, 7) is 8.42. The lowest BCUT2D eigenvalue weighted by Gasteiger charge is -2.19. The maximum Gasteiger partial charge on any atom is 0.374 e. The average molecular weight is 391 g/mol. The third kappa shape index (κ3) is 5.25. The van der Waals surface area contributed by atoms with Crippen LogP contribution < -0.4 is 10.1 Å². The van der Waals surface area contributed by atoms with Crippen LogP contribution in [0.4, 0.5) is 0 Å². The van der Waals surface area contributed by atoms with Crippen molar-refractivity contribution in [3.8, 4) is 5.75 Å². The van der Waals surface area contributed by atoms with E-state index >= 15 is 0 Å². The minimum Gasteiger partial charge on any atom is -0.497 e. The SMILES string of the molecule is CCOC(=O)c1oc2cc(OC)ccc2c1CN[C@@H](CC(C)C)C(=O)OCC. The van der Waals surface area contributed by atoms with E-state index in [9.17, 15) is 9.59 Å². The molecule has 0 aliphatic heterocycles. The zero-order valence-electron chi connectivity index (χ0n) is 17.2. The number of benzene rings is 1. The van der Waals surface area contributed by atoms with Crippen molar-refractivity contribution in [2.45, 2.75) is 46.7 Å².